The molecule has 0 atom stereocenters. The van der Waals surface area contributed by atoms with Crippen LogP contribution in [0.15, 0.2) is 36.4 Å². The van der Waals surface area contributed by atoms with Crippen molar-refractivity contribution in [3.63, 3.8) is 0 Å². The lowest BCUT2D eigenvalue weighted by atomic mass is 9.89. The molecule has 1 saturated carbocycles. The Bertz CT molecular complexity index is 1170. The lowest BCUT2D eigenvalue weighted by Gasteiger charge is -2.47. The van der Waals surface area contributed by atoms with Gasteiger partial charge < -0.3 is 19.8 Å². The van der Waals surface area contributed by atoms with Gasteiger partial charge >= 0.3 is 12.1 Å². The maximum absolute atomic E-state index is 14.8. The molecule has 2 saturated heterocycles. The van der Waals surface area contributed by atoms with Crippen LogP contribution in [0.3, 0.4) is 0 Å². The number of hydrogen-bond acceptors (Lipinski definition) is 5. The zero-order valence-corrected chi connectivity index (χ0v) is 20.3. The highest BCUT2D eigenvalue weighted by Crippen LogP contribution is 2.37. The first-order chi connectivity index (χ1) is 17.9. The van der Waals surface area contributed by atoms with E-state index in [1.807, 2.05) is 9.80 Å². The normalized spacial score (nSPS) is 19.7. The molecule has 5 rings (SSSR count). The number of carboxylic acid groups (broad SMARTS) is 1. The molecule has 1 amide bonds. The van der Waals surface area contributed by atoms with E-state index in [-0.39, 0.29) is 36.0 Å². The molecule has 2 aliphatic heterocycles. The molecule has 7 nitrogen and oxygen atoms in total. The summed E-state index contributed by atoms with van der Waals surface area (Å²) in [6.45, 7) is 2.29. The topological polar surface area (TPSA) is 90.3 Å². The highest BCUT2D eigenvalue weighted by molar-refractivity contribution is 5.79. The number of likely N-dealkylation sites (tertiary alicyclic amines) is 1. The molecule has 2 N–H and O–H groups in total. The van der Waals surface area contributed by atoms with Gasteiger partial charge in [-0.15, -0.1) is 0 Å². The van der Waals surface area contributed by atoms with E-state index in [0.717, 1.165) is 25.7 Å². The number of aliphatic carboxylic acids is 1. The number of rotatable bonds is 4. The van der Waals surface area contributed by atoms with Gasteiger partial charge in [-0.1, -0.05) is 12.1 Å². The van der Waals surface area contributed by atoms with Gasteiger partial charge in [0.25, 0.3) is 0 Å². The largest absolute Gasteiger partial charge is 0.508 e. The zero-order valence-electron chi connectivity index (χ0n) is 20.3. The van der Waals surface area contributed by atoms with Crippen molar-refractivity contribution in [1.82, 2.24) is 9.80 Å². The van der Waals surface area contributed by atoms with E-state index in [0.29, 0.717) is 36.8 Å². The van der Waals surface area contributed by atoms with Crippen LogP contribution in [0.5, 0.6) is 5.75 Å². The predicted octanol–water partition coefficient (Wildman–Crippen LogP) is 4.33. The van der Waals surface area contributed by atoms with Crippen molar-refractivity contribution in [2.24, 2.45) is 0 Å². The van der Waals surface area contributed by atoms with Crippen LogP contribution in [0.1, 0.15) is 31.2 Å². The van der Waals surface area contributed by atoms with Crippen LogP contribution in [-0.4, -0.2) is 75.9 Å². The molecule has 12 heteroatoms. The fourth-order valence-corrected chi connectivity index (χ4v) is 4.71. The average Bonchev–Trinajstić information content (AvgIpc) is 3.69. The van der Waals surface area contributed by atoms with Crippen molar-refractivity contribution >= 4 is 11.9 Å². The van der Waals surface area contributed by atoms with Crippen LogP contribution in [0.4, 0.5) is 22.0 Å². The van der Waals surface area contributed by atoms with E-state index in [1.165, 1.54) is 24.3 Å². The van der Waals surface area contributed by atoms with Gasteiger partial charge in [-0.05, 0) is 61.1 Å². The van der Waals surface area contributed by atoms with Crippen LogP contribution in [-0.2, 0) is 20.9 Å². The molecule has 3 fully saturated rings. The Kier molecular flexibility index (Phi) is 7.93. The lowest BCUT2D eigenvalue weighted by molar-refractivity contribution is -0.192. The number of alkyl halides is 3. The van der Waals surface area contributed by atoms with Crippen molar-refractivity contribution < 1.29 is 46.5 Å². The minimum atomic E-state index is -5.08. The number of hydrogen-bond donors (Lipinski definition) is 2. The number of morpholine rings is 1. The zero-order chi connectivity index (χ0) is 27.7. The SMILES string of the molecule is O=C(O)C(F)(F)F.O=C1COC2(CCN(Cc3c(F)cc(-c4cccc(O)c4)cc3F)CC2)CN1C1CC1. The number of carbonyl (C=O) groups is 2. The molecule has 3 aliphatic rings. The first kappa shape index (κ1) is 27.8. The van der Waals surface area contributed by atoms with Gasteiger partial charge in [-0.3, -0.25) is 9.69 Å². The van der Waals surface area contributed by atoms with Crippen LogP contribution in [0.25, 0.3) is 11.1 Å². The number of piperidine rings is 1. The molecule has 1 aliphatic carbocycles. The highest BCUT2D eigenvalue weighted by Gasteiger charge is 2.46. The van der Waals surface area contributed by atoms with E-state index in [9.17, 15) is 31.9 Å². The molecule has 2 aromatic carbocycles. The van der Waals surface area contributed by atoms with Gasteiger partial charge in [-0.25, -0.2) is 13.6 Å². The second-order valence-electron chi connectivity index (χ2n) is 9.77. The van der Waals surface area contributed by atoms with Crippen molar-refractivity contribution in [1.29, 1.82) is 0 Å². The number of carboxylic acids is 1. The summed E-state index contributed by atoms with van der Waals surface area (Å²) >= 11 is 0. The maximum Gasteiger partial charge on any atom is 0.490 e. The number of carbonyl (C=O) groups excluding carboxylic acids is 1. The molecule has 0 radical (unpaired) electrons. The number of nitrogens with zero attached hydrogens (tertiary/aromatic N) is 2. The van der Waals surface area contributed by atoms with E-state index in [1.54, 1.807) is 12.1 Å². The molecule has 1 spiro atoms. The van der Waals surface area contributed by atoms with Gasteiger partial charge in [0.1, 0.15) is 24.0 Å². The molecule has 0 unspecified atom stereocenters. The van der Waals surface area contributed by atoms with Gasteiger partial charge in [-0.2, -0.15) is 13.2 Å². The molecular formula is C26H27F5N2O5. The van der Waals surface area contributed by atoms with E-state index < -0.39 is 23.8 Å². The molecular weight excluding hydrogens is 515 g/mol. The third-order valence-corrected chi connectivity index (χ3v) is 6.98. The van der Waals surface area contributed by atoms with Crippen molar-refractivity contribution in [3.8, 4) is 16.9 Å². The monoisotopic (exact) mass is 542 g/mol. The third-order valence-electron chi connectivity index (χ3n) is 6.98. The average molecular weight is 543 g/mol. The number of benzene rings is 2. The van der Waals surface area contributed by atoms with E-state index in [2.05, 4.69) is 0 Å². The fraction of sp³-hybridized carbons (Fsp3) is 0.462. The molecule has 38 heavy (non-hydrogen) atoms. The van der Waals surface area contributed by atoms with Crippen LogP contribution in [0, 0.1) is 11.6 Å². The summed E-state index contributed by atoms with van der Waals surface area (Å²) in [6.07, 6.45) is -1.45. The quantitative estimate of drug-likeness (QED) is 0.560. The summed E-state index contributed by atoms with van der Waals surface area (Å²) in [7, 11) is 0. The van der Waals surface area contributed by atoms with Crippen molar-refractivity contribution in [2.75, 3.05) is 26.2 Å². The molecule has 0 bridgehead atoms. The number of phenolic OH excluding ortho intramolecular Hbond substituents is 1. The fourth-order valence-electron chi connectivity index (χ4n) is 4.71. The summed E-state index contributed by atoms with van der Waals surface area (Å²) in [4.78, 5) is 25.0. The maximum atomic E-state index is 14.8. The molecule has 0 aromatic heterocycles. The lowest BCUT2D eigenvalue weighted by Crippen LogP contribution is -2.59. The van der Waals surface area contributed by atoms with Crippen LogP contribution < -0.4 is 0 Å². The number of halogens is 5. The Balaban J connectivity index is 0.000000426. The van der Waals surface area contributed by atoms with Crippen molar-refractivity contribution in [2.45, 2.75) is 50.0 Å². The predicted molar refractivity (Wildman–Crippen MR) is 125 cm³/mol. The molecule has 2 heterocycles. The van der Waals surface area contributed by atoms with E-state index >= 15 is 0 Å². The first-order valence-electron chi connectivity index (χ1n) is 12.1. The third kappa shape index (κ3) is 6.60. The second kappa shape index (κ2) is 10.9. The summed E-state index contributed by atoms with van der Waals surface area (Å²) in [5.74, 6) is -3.80. The number of ether oxygens (including phenoxy) is 1. The summed E-state index contributed by atoms with van der Waals surface area (Å²) in [5, 5.41) is 16.8. The van der Waals surface area contributed by atoms with E-state index in [4.69, 9.17) is 14.6 Å². The Morgan fingerprint density at radius 3 is 2.18 bits per heavy atom. The second-order valence-corrected chi connectivity index (χ2v) is 9.77. The number of phenols is 1. The Hall–Kier alpha value is -3.25. The first-order valence-corrected chi connectivity index (χ1v) is 12.1. The van der Waals surface area contributed by atoms with Gasteiger partial charge in [0.05, 0.1) is 12.1 Å². The summed E-state index contributed by atoms with van der Waals surface area (Å²) < 4.78 is 67.3. The highest BCUT2D eigenvalue weighted by atomic mass is 19.4. The van der Waals surface area contributed by atoms with Gasteiger partial charge in [0.15, 0.2) is 0 Å². The Labute approximate surface area is 215 Å². The van der Waals surface area contributed by atoms with Crippen molar-refractivity contribution in [3.05, 3.63) is 53.6 Å². The Morgan fingerprint density at radius 2 is 1.66 bits per heavy atom. The summed E-state index contributed by atoms with van der Waals surface area (Å²) in [6, 6.07) is 9.37. The molecule has 206 valence electrons. The van der Waals surface area contributed by atoms with Crippen LogP contribution in [0.2, 0.25) is 0 Å². The van der Waals surface area contributed by atoms with Gasteiger partial charge in [0.2, 0.25) is 5.91 Å². The number of amides is 1. The number of aromatic hydroxyl groups is 1. The molecule has 2 aromatic rings. The summed E-state index contributed by atoms with van der Waals surface area (Å²) in [5.41, 5.74) is 0.684. The van der Waals surface area contributed by atoms with Crippen LogP contribution >= 0.6 is 0 Å². The minimum Gasteiger partial charge on any atom is -0.508 e. The van der Waals surface area contributed by atoms with Gasteiger partial charge in [0, 0.05) is 31.2 Å². The Morgan fingerprint density at radius 1 is 1.05 bits per heavy atom. The smallest absolute Gasteiger partial charge is 0.490 e. The minimum absolute atomic E-state index is 0.0523. The standard InChI is InChI=1S/C24H26F2N2O3.C2HF3O2/c25-21-11-17(16-2-1-3-19(29)10-16)12-22(26)20(21)13-27-8-6-24(7-9-27)15-28(18-4-5-18)23(30)14-31-24;3-2(4,5)1(6)7/h1-3,10-12,18,29H,4-9,13-15H2;(H,6,7).